The Morgan fingerprint density at radius 1 is 1.20 bits per heavy atom. The van der Waals surface area contributed by atoms with Crippen molar-refractivity contribution in [3.05, 3.63) is 28.7 Å². The summed E-state index contributed by atoms with van der Waals surface area (Å²) < 4.78 is 27.9. The summed E-state index contributed by atoms with van der Waals surface area (Å²) in [6, 6.07) is 6.97. The zero-order chi connectivity index (χ0) is 14.2. The van der Waals surface area contributed by atoms with Gasteiger partial charge in [0.05, 0.1) is 4.90 Å². The molecule has 4 nitrogen and oxygen atoms in total. The summed E-state index contributed by atoms with van der Waals surface area (Å²) in [6.07, 6.45) is 3.15. The van der Waals surface area contributed by atoms with Gasteiger partial charge in [-0.2, -0.15) is 4.31 Å². The number of nitrogens with one attached hydrogen (secondary N) is 1. The van der Waals surface area contributed by atoms with E-state index in [9.17, 15) is 8.42 Å². The predicted molar refractivity (Wildman–Crippen MR) is 82.1 cm³/mol. The zero-order valence-corrected chi connectivity index (χ0v) is 13.7. The molecule has 6 heteroatoms. The highest BCUT2D eigenvalue weighted by Gasteiger charge is 2.43. The lowest BCUT2D eigenvalue weighted by Crippen LogP contribution is -2.39. The van der Waals surface area contributed by atoms with Gasteiger partial charge < -0.3 is 5.32 Å². The highest BCUT2D eigenvalue weighted by molar-refractivity contribution is 9.10. The second-order valence-corrected chi connectivity index (χ2v) is 8.65. The number of hydrogen-bond donors (Lipinski definition) is 1. The molecule has 1 aromatic rings. The Hall–Kier alpha value is -0.430. The first-order valence-corrected chi connectivity index (χ1v) is 9.22. The van der Waals surface area contributed by atoms with Gasteiger partial charge in [-0.05, 0) is 56.0 Å². The third kappa shape index (κ3) is 2.66. The summed E-state index contributed by atoms with van der Waals surface area (Å²) in [6.45, 7) is 3.33. The van der Waals surface area contributed by atoms with Gasteiger partial charge in [-0.25, -0.2) is 8.42 Å². The molecule has 1 spiro atoms. The maximum Gasteiger partial charge on any atom is 0.243 e. The van der Waals surface area contributed by atoms with Crippen LogP contribution in [0.5, 0.6) is 0 Å². The maximum absolute atomic E-state index is 12.7. The lowest BCUT2D eigenvalue weighted by atomic mass is 9.78. The van der Waals surface area contributed by atoms with E-state index in [0.717, 1.165) is 36.8 Å². The number of halogens is 1. The highest BCUT2D eigenvalue weighted by Crippen LogP contribution is 2.40. The quantitative estimate of drug-likeness (QED) is 0.881. The summed E-state index contributed by atoms with van der Waals surface area (Å²) in [5, 5.41) is 3.35. The fraction of sp³-hybridized carbons (Fsp3) is 0.571. The van der Waals surface area contributed by atoms with Gasteiger partial charge in [0.25, 0.3) is 0 Å². The molecule has 2 aliphatic heterocycles. The van der Waals surface area contributed by atoms with Crippen molar-refractivity contribution >= 4 is 26.0 Å². The maximum atomic E-state index is 12.7. The average molecular weight is 359 g/mol. The molecule has 1 aromatic carbocycles. The summed E-state index contributed by atoms with van der Waals surface area (Å²) in [5.74, 6) is 0. The molecule has 2 heterocycles. The van der Waals surface area contributed by atoms with Crippen LogP contribution in [-0.2, 0) is 10.0 Å². The molecule has 1 N–H and O–H groups in total. The monoisotopic (exact) mass is 358 g/mol. The summed E-state index contributed by atoms with van der Waals surface area (Å²) in [7, 11) is -3.35. The molecule has 3 rings (SSSR count). The van der Waals surface area contributed by atoms with E-state index in [0.29, 0.717) is 18.0 Å². The van der Waals surface area contributed by atoms with Crippen LogP contribution in [0.3, 0.4) is 0 Å². The smallest absolute Gasteiger partial charge is 0.243 e. The van der Waals surface area contributed by atoms with Crippen LogP contribution in [0.2, 0.25) is 0 Å². The summed E-state index contributed by atoms with van der Waals surface area (Å²) in [5.41, 5.74) is 0.199. The Balaban J connectivity index is 1.83. The van der Waals surface area contributed by atoms with E-state index < -0.39 is 10.0 Å². The zero-order valence-electron chi connectivity index (χ0n) is 11.3. The van der Waals surface area contributed by atoms with Crippen molar-refractivity contribution in [2.75, 3.05) is 26.2 Å². The molecule has 2 fully saturated rings. The van der Waals surface area contributed by atoms with Gasteiger partial charge in [-0.1, -0.05) is 22.0 Å². The second-order valence-electron chi connectivity index (χ2n) is 5.80. The second kappa shape index (κ2) is 5.40. The topological polar surface area (TPSA) is 49.4 Å². The van der Waals surface area contributed by atoms with Gasteiger partial charge in [0, 0.05) is 17.6 Å². The van der Waals surface area contributed by atoms with Crippen LogP contribution in [0.25, 0.3) is 0 Å². The minimum absolute atomic E-state index is 0.199. The molecular formula is C14H19BrN2O2S. The lowest BCUT2D eigenvalue weighted by molar-refractivity contribution is 0.218. The molecule has 0 unspecified atom stereocenters. The van der Waals surface area contributed by atoms with Gasteiger partial charge in [-0.3, -0.25) is 0 Å². The molecule has 0 bridgehead atoms. The predicted octanol–water partition coefficient (Wildman–Crippen LogP) is 2.21. The van der Waals surface area contributed by atoms with Crippen LogP contribution >= 0.6 is 15.9 Å². The van der Waals surface area contributed by atoms with Gasteiger partial charge in [0.1, 0.15) is 0 Å². The molecule has 0 saturated carbocycles. The molecular weight excluding hydrogens is 340 g/mol. The van der Waals surface area contributed by atoms with Crippen molar-refractivity contribution in [1.82, 2.24) is 9.62 Å². The molecule has 0 amide bonds. The van der Waals surface area contributed by atoms with Gasteiger partial charge in [0.2, 0.25) is 10.0 Å². The van der Waals surface area contributed by atoms with Gasteiger partial charge in [0.15, 0.2) is 0 Å². The van der Waals surface area contributed by atoms with Crippen molar-refractivity contribution < 1.29 is 8.42 Å². The Bertz CT molecular complexity index is 597. The molecule has 0 atom stereocenters. The molecule has 20 heavy (non-hydrogen) atoms. The minimum atomic E-state index is -3.35. The SMILES string of the molecule is O=S(=O)(c1cccc(Br)c1)N1CCC2(CCNCC2)C1. The Labute approximate surface area is 128 Å². The third-order valence-electron chi connectivity index (χ3n) is 4.50. The number of sulfonamides is 1. The molecule has 2 aliphatic rings. The lowest BCUT2D eigenvalue weighted by Gasteiger charge is -2.33. The van der Waals surface area contributed by atoms with Crippen molar-refractivity contribution in [2.24, 2.45) is 5.41 Å². The van der Waals surface area contributed by atoms with Crippen molar-refractivity contribution in [1.29, 1.82) is 0 Å². The van der Waals surface area contributed by atoms with Crippen LogP contribution in [0.1, 0.15) is 19.3 Å². The van der Waals surface area contributed by atoms with Crippen LogP contribution in [0, 0.1) is 5.41 Å². The van der Waals surface area contributed by atoms with E-state index in [1.165, 1.54) is 0 Å². The number of nitrogens with zero attached hydrogens (tertiary/aromatic N) is 1. The van der Waals surface area contributed by atoms with Crippen molar-refractivity contribution in [2.45, 2.75) is 24.2 Å². The van der Waals surface area contributed by atoms with Crippen LogP contribution < -0.4 is 5.32 Å². The van der Waals surface area contributed by atoms with Gasteiger partial charge in [-0.15, -0.1) is 0 Å². The Morgan fingerprint density at radius 2 is 1.95 bits per heavy atom. The fourth-order valence-electron chi connectivity index (χ4n) is 3.24. The van der Waals surface area contributed by atoms with E-state index in [4.69, 9.17) is 0 Å². The Kier molecular flexibility index (Phi) is 3.92. The normalized spacial score (nSPS) is 23.2. The number of piperidine rings is 1. The molecule has 2 saturated heterocycles. The number of rotatable bonds is 2. The first-order chi connectivity index (χ1) is 9.52. The molecule has 0 aliphatic carbocycles. The summed E-state index contributed by atoms with van der Waals surface area (Å²) in [4.78, 5) is 0.387. The molecule has 0 aromatic heterocycles. The Morgan fingerprint density at radius 3 is 2.65 bits per heavy atom. The van der Waals surface area contributed by atoms with E-state index in [2.05, 4.69) is 21.2 Å². The summed E-state index contributed by atoms with van der Waals surface area (Å²) >= 11 is 3.34. The largest absolute Gasteiger partial charge is 0.317 e. The first-order valence-electron chi connectivity index (χ1n) is 6.98. The number of benzene rings is 1. The fourth-order valence-corrected chi connectivity index (χ4v) is 5.39. The van der Waals surface area contributed by atoms with Crippen LogP contribution in [-0.4, -0.2) is 38.9 Å². The van der Waals surface area contributed by atoms with Crippen molar-refractivity contribution in [3.63, 3.8) is 0 Å². The first kappa shape index (κ1) is 14.5. The van der Waals surface area contributed by atoms with E-state index in [1.807, 2.05) is 6.07 Å². The molecule has 110 valence electrons. The van der Waals surface area contributed by atoms with E-state index in [1.54, 1.807) is 22.5 Å². The average Bonchev–Trinajstić information content (AvgIpc) is 2.84. The van der Waals surface area contributed by atoms with Crippen molar-refractivity contribution in [3.8, 4) is 0 Å². The van der Waals surface area contributed by atoms with E-state index >= 15 is 0 Å². The highest BCUT2D eigenvalue weighted by atomic mass is 79.9. The van der Waals surface area contributed by atoms with Crippen LogP contribution in [0.4, 0.5) is 0 Å². The van der Waals surface area contributed by atoms with Crippen LogP contribution in [0.15, 0.2) is 33.6 Å². The standard InChI is InChI=1S/C14H19BrN2O2S/c15-12-2-1-3-13(10-12)20(18,19)17-9-6-14(11-17)4-7-16-8-5-14/h1-3,10,16H,4-9,11H2. The van der Waals surface area contributed by atoms with Gasteiger partial charge >= 0.3 is 0 Å². The third-order valence-corrected chi connectivity index (χ3v) is 6.84. The van der Waals surface area contributed by atoms with E-state index in [-0.39, 0.29) is 5.41 Å². The number of hydrogen-bond acceptors (Lipinski definition) is 3. The molecule has 0 radical (unpaired) electrons. The minimum Gasteiger partial charge on any atom is -0.317 e.